The van der Waals surface area contributed by atoms with Gasteiger partial charge in [0, 0.05) is 23.0 Å². The molecule has 0 bridgehead atoms. The highest BCUT2D eigenvalue weighted by atomic mass is 32.1. The number of benzene rings is 1. The number of carbonyl (C=O) groups is 1. The molecule has 0 atom stereocenters. The molecule has 0 N–H and O–H groups in total. The summed E-state index contributed by atoms with van der Waals surface area (Å²) >= 11 is 1.73. The van der Waals surface area contributed by atoms with Crippen LogP contribution in [-0.4, -0.2) is 44.7 Å². The third-order valence-electron chi connectivity index (χ3n) is 4.34. The molecule has 6 heteroatoms. The van der Waals surface area contributed by atoms with Crippen LogP contribution in [0.1, 0.15) is 28.1 Å². The summed E-state index contributed by atoms with van der Waals surface area (Å²) in [6.07, 6.45) is 3.02. The number of thiophene rings is 1. The lowest BCUT2D eigenvalue weighted by molar-refractivity contribution is 0.0744. The molecule has 0 spiro atoms. The molecule has 134 valence electrons. The number of hydrogen-bond acceptors (Lipinski definition) is 5. The Hall–Kier alpha value is -2.21. The number of methoxy groups -OCH3 is 3. The lowest BCUT2D eigenvalue weighted by Crippen LogP contribution is -2.34. The molecule has 1 heterocycles. The van der Waals surface area contributed by atoms with Crippen molar-refractivity contribution < 1.29 is 19.0 Å². The molecule has 2 aromatic rings. The molecule has 25 heavy (non-hydrogen) atoms. The van der Waals surface area contributed by atoms with Crippen molar-refractivity contribution in [3.8, 4) is 17.2 Å². The fourth-order valence-electron chi connectivity index (χ4n) is 2.89. The normalized spacial score (nSPS) is 13.4. The van der Waals surface area contributed by atoms with Crippen LogP contribution >= 0.6 is 11.3 Å². The number of carbonyl (C=O) groups excluding carboxylic acids is 1. The van der Waals surface area contributed by atoms with Gasteiger partial charge in [-0.05, 0) is 42.8 Å². The largest absolute Gasteiger partial charge is 0.493 e. The molecular formula is C19H23NO4S. The zero-order chi connectivity index (χ0) is 17.8. The van der Waals surface area contributed by atoms with Gasteiger partial charge in [-0.2, -0.15) is 0 Å². The van der Waals surface area contributed by atoms with Gasteiger partial charge in [-0.3, -0.25) is 4.79 Å². The quantitative estimate of drug-likeness (QED) is 0.720. The van der Waals surface area contributed by atoms with Crippen molar-refractivity contribution in [2.45, 2.75) is 25.3 Å². The number of nitrogens with zero attached hydrogens (tertiary/aromatic N) is 1. The number of ether oxygens (including phenoxy) is 3. The summed E-state index contributed by atoms with van der Waals surface area (Å²) in [4.78, 5) is 16.4. The predicted octanol–water partition coefficient (Wildman–Crippen LogP) is 3.62. The molecule has 0 aliphatic heterocycles. The van der Waals surface area contributed by atoms with Gasteiger partial charge in [-0.1, -0.05) is 6.07 Å². The zero-order valence-electron chi connectivity index (χ0n) is 14.8. The van der Waals surface area contributed by atoms with Gasteiger partial charge in [0.05, 0.1) is 21.3 Å². The molecule has 0 radical (unpaired) electrons. The van der Waals surface area contributed by atoms with E-state index in [1.165, 1.54) is 4.88 Å². The van der Waals surface area contributed by atoms with Crippen molar-refractivity contribution in [2.75, 3.05) is 27.9 Å². The van der Waals surface area contributed by atoms with E-state index in [1.54, 1.807) is 44.8 Å². The zero-order valence-corrected chi connectivity index (χ0v) is 15.6. The van der Waals surface area contributed by atoms with Crippen molar-refractivity contribution >= 4 is 17.2 Å². The van der Waals surface area contributed by atoms with E-state index in [4.69, 9.17) is 14.2 Å². The van der Waals surface area contributed by atoms with Crippen molar-refractivity contribution in [1.82, 2.24) is 4.90 Å². The van der Waals surface area contributed by atoms with E-state index in [2.05, 4.69) is 11.4 Å². The monoisotopic (exact) mass is 361 g/mol. The van der Waals surface area contributed by atoms with Crippen molar-refractivity contribution in [3.63, 3.8) is 0 Å². The maximum atomic E-state index is 13.1. The molecule has 5 nitrogen and oxygen atoms in total. The highest BCUT2D eigenvalue weighted by Gasteiger charge is 2.33. The van der Waals surface area contributed by atoms with E-state index in [1.807, 2.05) is 11.0 Å². The first kappa shape index (κ1) is 17.6. The van der Waals surface area contributed by atoms with E-state index in [9.17, 15) is 4.79 Å². The molecule has 1 aliphatic carbocycles. The van der Waals surface area contributed by atoms with Crippen LogP contribution < -0.4 is 14.2 Å². The fraction of sp³-hybridized carbons (Fsp3) is 0.421. The highest BCUT2D eigenvalue weighted by molar-refractivity contribution is 7.09. The second-order valence-corrected chi connectivity index (χ2v) is 7.01. The van der Waals surface area contributed by atoms with Gasteiger partial charge in [0.1, 0.15) is 0 Å². The second kappa shape index (κ2) is 7.78. The Kier molecular flexibility index (Phi) is 5.48. The van der Waals surface area contributed by atoms with Crippen molar-refractivity contribution in [2.24, 2.45) is 0 Å². The minimum Gasteiger partial charge on any atom is -0.493 e. The van der Waals surface area contributed by atoms with E-state index in [0.717, 1.165) is 25.8 Å². The van der Waals surface area contributed by atoms with Crippen LogP contribution in [0.2, 0.25) is 0 Å². The van der Waals surface area contributed by atoms with Crippen LogP contribution in [0, 0.1) is 0 Å². The number of rotatable bonds is 8. The van der Waals surface area contributed by atoms with Gasteiger partial charge in [-0.25, -0.2) is 0 Å². The smallest absolute Gasteiger partial charge is 0.254 e. The average molecular weight is 361 g/mol. The molecule has 1 saturated carbocycles. The van der Waals surface area contributed by atoms with Crippen LogP contribution in [0.3, 0.4) is 0 Å². The molecule has 1 amide bonds. The summed E-state index contributed by atoms with van der Waals surface area (Å²) in [5.74, 6) is 1.51. The standard InChI is InChI=1S/C19H23NO4S/c1-22-16-11-13(12-17(23-2)18(16)24-3)19(21)20(14-6-7-14)9-8-15-5-4-10-25-15/h4-5,10-12,14H,6-9H2,1-3H3. The summed E-state index contributed by atoms with van der Waals surface area (Å²) in [7, 11) is 4.67. The summed E-state index contributed by atoms with van der Waals surface area (Å²) in [6.45, 7) is 0.723. The topological polar surface area (TPSA) is 48.0 Å². The van der Waals surface area contributed by atoms with Crippen LogP contribution in [0.4, 0.5) is 0 Å². The van der Waals surface area contributed by atoms with Crippen LogP contribution in [0.15, 0.2) is 29.6 Å². The Labute approximate surface area is 152 Å². The maximum absolute atomic E-state index is 13.1. The maximum Gasteiger partial charge on any atom is 0.254 e. The van der Waals surface area contributed by atoms with Crippen LogP contribution in [-0.2, 0) is 6.42 Å². The Morgan fingerprint density at radius 3 is 2.32 bits per heavy atom. The average Bonchev–Trinajstić information content (AvgIpc) is 3.34. The molecule has 3 rings (SSSR count). The van der Waals surface area contributed by atoms with Crippen molar-refractivity contribution in [1.29, 1.82) is 0 Å². The Balaban J connectivity index is 1.84. The van der Waals surface area contributed by atoms with E-state index >= 15 is 0 Å². The van der Waals surface area contributed by atoms with Gasteiger partial charge >= 0.3 is 0 Å². The first-order valence-corrected chi connectivity index (χ1v) is 9.19. The molecule has 1 aromatic heterocycles. The van der Waals surface area contributed by atoms with E-state index < -0.39 is 0 Å². The molecule has 1 aromatic carbocycles. The summed E-state index contributed by atoms with van der Waals surface area (Å²) < 4.78 is 16.1. The third kappa shape index (κ3) is 3.90. The molecule has 0 saturated heterocycles. The van der Waals surface area contributed by atoms with Gasteiger partial charge in [0.15, 0.2) is 11.5 Å². The minimum atomic E-state index is 0.0123. The molecular weight excluding hydrogens is 338 g/mol. The first-order valence-electron chi connectivity index (χ1n) is 8.31. The van der Waals surface area contributed by atoms with Crippen molar-refractivity contribution in [3.05, 3.63) is 40.1 Å². The lowest BCUT2D eigenvalue weighted by atomic mass is 10.1. The Morgan fingerprint density at radius 1 is 1.16 bits per heavy atom. The summed E-state index contributed by atoms with van der Waals surface area (Å²) in [5, 5.41) is 2.07. The Bertz CT molecular complexity index is 700. The second-order valence-electron chi connectivity index (χ2n) is 5.97. The van der Waals surface area contributed by atoms with Gasteiger partial charge in [0.2, 0.25) is 5.75 Å². The predicted molar refractivity (Wildman–Crippen MR) is 98.2 cm³/mol. The lowest BCUT2D eigenvalue weighted by Gasteiger charge is -2.23. The van der Waals surface area contributed by atoms with Crippen LogP contribution in [0.5, 0.6) is 17.2 Å². The first-order chi connectivity index (χ1) is 12.2. The van der Waals surface area contributed by atoms with E-state index in [0.29, 0.717) is 28.9 Å². The Morgan fingerprint density at radius 2 is 1.84 bits per heavy atom. The van der Waals surface area contributed by atoms with E-state index in [-0.39, 0.29) is 5.91 Å². The van der Waals surface area contributed by atoms with Crippen LogP contribution in [0.25, 0.3) is 0 Å². The number of amides is 1. The van der Waals surface area contributed by atoms with Gasteiger partial charge in [0.25, 0.3) is 5.91 Å². The third-order valence-corrected chi connectivity index (χ3v) is 5.28. The highest BCUT2D eigenvalue weighted by Crippen LogP contribution is 2.39. The molecule has 1 aliphatic rings. The summed E-state index contributed by atoms with van der Waals surface area (Å²) in [6, 6.07) is 7.95. The summed E-state index contributed by atoms with van der Waals surface area (Å²) in [5.41, 5.74) is 0.563. The van der Waals surface area contributed by atoms with Gasteiger partial charge < -0.3 is 19.1 Å². The molecule has 0 unspecified atom stereocenters. The molecule has 1 fully saturated rings. The number of hydrogen-bond donors (Lipinski definition) is 0. The van der Waals surface area contributed by atoms with Gasteiger partial charge in [-0.15, -0.1) is 11.3 Å². The fourth-order valence-corrected chi connectivity index (χ4v) is 3.59. The minimum absolute atomic E-state index is 0.0123. The SMILES string of the molecule is COc1cc(C(=O)N(CCc2cccs2)C2CC2)cc(OC)c1OC.